The molecule has 0 bridgehead atoms. The summed E-state index contributed by atoms with van der Waals surface area (Å²) in [6.45, 7) is 3.69. The minimum atomic E-state index is -0.633. The number of aryl methyl sites for hydroxylation is 1. The number of hydrogen-bond acceptors (Lipinski definition) is 8. The van der Waals surface area contributed by atoms with Crippen LogP contribution in [0.1, 0.15) is 34.0 Å². The monoisotopic (exact) mass is 720 g/mol. The van der Waals surface area contributed by atoms with Crippen molar-refractivity contribution in [3.63, 3.8) is 0 Å². The molecule has 1 heterocycles. The molecule has 3 aromatic rings. The van der Waals surface area contributed by atoms with Gasteiger partial charge in [-0.05, 0) is 95.7 Å². The van der Waals surface area contributed by atoms with Crippen molar-refractivity contribution in [1.29, 1.82) is 0 Å². The quantitative estimate of drug-likeness (QED) is 0.140. The second-order valence-electron chi connectivity index (χ2n) is 9.04. The van der Waals surface area contributed by atoms with Crippen molar-refractivity contribution in [3.8, 4) is 11.5 Å². The van der Waals surface area contributed by atoms with Gasteiger partial charge in [-0.3, -0.25) is 19.3 Å². The molecule has 0 saturated carbocycles. The number of esters is 1. The van der Waals surface area contributed by atoms with Gasteiger partial charge in [0, 0.05) is 5.69 Å². The first-order valence-corrected chi connectivity index (χ1v) is 14.9. The number of rotatable bonds is 10. The number of methoxy groups -OCH3 is 1. The number of hydrogen-bond donors (Lipinski definition) is 1. The zero-order valence-corrected chi connectivity index (χ0v) is 26.6. The predicted molar refractivity (Wildman–Crippen MR) is 170 cm³/mol. The molecule has 1 N–H and O–H groups in total. The summed E-state index contributed by atoms with van der Waals surface area (Å²) in [7, 11) is 1.52. The van der Waals surface area contributed by atoms with Crippen LogP contribution in [0.4, 0.5) is 10.5 Å². The smallest absolute Gasteiger partial charge is 0.339 e. The number of nitrogens with one attached hydrogen (secondary N) is 1. The minimum Gasteiger partial charge on any atom is -0.493 e. The maximum absolute atomic E-state index is 13.1. The summed E-state index contributed by atoms with van der Waals surface area (Å²) >= 11 is 8.93. The molecule has 4 rings (SSSR count). The number of anilines is 1. The zero-order chi connectivity index (χ0) is 30.4. The summed E-state index contributed by atoms with van der Waals surface area (Å²) in [5.74, 6) is -0.816. The fourth-order valence-corrected chi connectivity index (χ4v) is 5.72. The van der Waals surface area contributed by atoms with Gasteiger partial charge in [0.15, 0.2) is 11.5 Å². The molecule has 42 heavy (non-hydrogen) atoms. The highest BCUT2D eigenvalue weighted by Crippen LogP contribution is 2.37. The second-order valence-corrected chi connectivity index (χ2v) is 11.6. The van der Waals surface area contributed by atoms with Crippen molar-refractivity contribution >= 4 is 80.7 Å². The van der Waals surface area contributed by atoms with Gasteiger partial charge in [-0.2, -0.15) is 0 Å². The van der Waals surface area contributed by atoms with E-state index in [0.29, 0.717) is 23.7 Å². The number of carbonyl (C=O) groups excluding carboxylic acids is 4. The Morgan fingerprint density at radius 3 is 2.52 bits per heavy atom. The van der Waals surface area contributed by atoms with Crippen molar-refractivity contribution in [1.82, 2.24) is 4.90 Å². The molecule has 3 aromatic carbocycles. The summed E-state index contributed by atoms with van der Waals surface area (Å²) in [6.07, 6.45) is 1.57. The summed E-state index contributed by atoms with van der Waals surface area (Å²) in [5, 5.41) is 2.17. The molecule has 0 atom stereocenters. The van der Waals surface area contributed by atoms with Crippen LogP contribution in [0.25, 0.3) is 6.08 Å². The Kier molecular flexibility index (Phi) is 10.5. The third kappa shape index (κ3) is 7.64. The molecular weight excluding hydrogens is 695 g/mol. The summed E-state index contributed by atoms with van der Waals surface area (Å²) in [4.78, 5) is 51.5. The largest absolute Gasteiger partial charge is 0.493 e. The lowest BCUT2D eigenvalue weighted by Gasteiger charge is -2.14. The van der Waals surface area contributed by atoms with Crippen LogP contribution in [0, 0.1) is 10.5 Å². The standard InChI is InChI=1S/C30H26ClIN2O7S/c1-4-40-29(37)21-14-20(9-10-22(21)31)33-26(35)15-34-28(36)25(42-30(34)38)13-19-11-23(32)27(24(12-19)39-3)41-16-18-7-5-17(2)6-8-18/h5-14H,4,15-16H2,1-3H3,(H,33,35)/b25-13-. The Hall–Kier alpha value is -3.55. The van der Waals surface area contributed by atoms with Crippen LogP contribution in [0.3, 0.4) is 0 Å². The topological polar surface area (TPSA) is 111 Å². The Morgan fingerprint density at radius 2 is 1.83 bits per heavy atom. The first-order chi connectivity index (χ1) is 20.1. The van der Waals surface area contributed by atoms with Gasteiger partial charge in [0.1, 0.15) is 13.2 Å². The highest BCUT2D eigenvalue weighted by Gasteiger charge is 2.36. The lowest BCUT2D eigenvalue weighted by Crippen LogP contribution is -2.36. The van der Waals surface area contributed by atoms with Gasteiger partial charge in [0.05, 0.1) is 32.8 Å². The normalized spacial score (nSPS) is 13.8. The second kappa shape index (κ2) is 14.1. The molecule has 9 nitrogen and oxygen atoms in total. The van der Waals surface area contributed by atoms with Crippen LogP contribution in [0.15, 0.2) is 59.5 Å². The highest BCUT2D eigenvalue weighted by atomic mass is 127. The van der Waals surface area contributed by atoms with Gasteiger partial charge in [-0.25, -0.2) is 4.79 Å². The van der Waals surface area contributed by atoms with Gasteiger partial charge in [0.25, 0.3) is 11.1 Å². The number of halogens is 2. The van der Waals surface area contributed by atoms with E-state index in [4.69, 9.17) is 25.8 Å². The number of thioether (sulfide) groups is 1. The third-order valence-corrected chi connectivity index (χ3v) is 8.01. The average Bonchev–Trinajstić information content (AvgIpc) is 3.21. The maximum Gasteiger partial charge on any atom is 0.339 e. The van der Waals surface area contributed by atoms with Crippen LogP contribution < -0.4 is 14.8 Å². The number of amides is 3. The molecular formula is C30H26ClIN2O7S. The molecule has 0 unspecified atom stereocenters. The maximum atomic E-state index is 13.1. The van der Waals surface area contributed by atoms with Gasteiger partial charge >= 0.3 is 5.97 Å². The molecule has 1 fully saturated rings. The first kappa shape index (κ1) is 31.4. The number of imide groups is 1. The Bertz CT molecular complexity index is 1580. The molecule has 0 radical (unpaired) electrons. The van der Waals surface area contributed by atoms with E-state index in [9.17, 15) is 19.2 Å². The number of benzene rings is 3. The molecule has 12 heteroatoms. The molecule has 1 aliphatic heterocycles. The summed E-state index contributed by atoms with van der Waals surface area (Å²) in [5.41, 5.74) is 3.15. The van der Waals surface area contributed by atoms with Gasteiger partial charge in [-0.15, -0.1) is 0 Å². The van der Waals surface area contributed by atoms with Crippen LogP contribution >= 0.6 is 46.0 Å². The molecule has 0 spiro atoms. The van der Waals surface area contributed by atoms with Gasteiger partial charge in [-0.1, -0.05) is 41.4 Å². The van der Waals surface area contributed by atoms with Crippen LogP contribution in [0.5, 0.6) is 11.5 Å². The summed E-state index contributed by atoms with van der Waals surface area (Å²) in [6, 6.07) is 15.9. The average molecular weight is 721 g/mol. The molecule has 1 aliphatic rings. The Balaban J connectivity index is 1.45. The Labute approximate surface area is 265 Å². The Morgan fingerprint density at radius 1 is 1.10 bits per heavy atom. The lowest BCUT2D eigenvalue weighted by atomic mass is 10.1. The van der Waals surface area contributed by atoms with E-state index in [0.717, 1.165) is 31.4 Å². The third-order valence-electron chi connectivity index (χ3n) is 5.97. The highest BCUT2D eigenvalue weighted by molar-refractivity contribution is 14.1. The van der Waals surface area contributed by atoms with Crippen LogP contribution in [0.2, 0.25) is 5.02 Å². The molecule has 3 amide bonds. The molecule has 0 aromatic heterocycles. The van der Waals surface area contributed by atoms with Crippen molar-refractivity contribution in [3.05, 3.63) is 90.3 Å². The fourth-order valence-electron chi connectivity index (χ4n) is 3.90. The first-order valence-electron chi connectivity index (χ1n) is 12.7. The van der Waals surface area contributed by atoms with E-state index in [-0.39, 0.29) is 27.8 Å². The van der Waals surface area contributed by atoms with Crippen molar-refractivity contribution in [2.24, 2.45) is 0 Å². The van der Waals surface area contributed by atoms with Gasteiger partial charge < -0.3 is 19.5 Å². The number of carbonyl (C=O) groups is 4. The van der Waals surface area contributed by atoms with Crippen molar-refractivity contribution in [2.45, 2.75) is 20.5 Å². The van der Waals surface area contributed by atoms with Crippen LogP contribution in [-0.2, 0) is 20.9 Å². The number of nitrogens with zero attached hydrogens (tertiary/aromatic N) is 1. The van der Waals surface area contributed by atoms with Gasteiger partial charge in [0.2, 0.25) is 5.91 Å². The molecule has 218 valence electrons. The SMILES string of the molecule is CCOC(=O)c1cc(NC(=O)CN2C(=O)S/C(=C\c3cc(I)c(OCc4ccc(C)cc4)c(OC)c3)C2=O)ccc1Cl. The van der Waals surface area contributed by atoms with E-state index in [2.05, 4.69) is 27.9 Å². The number of ether oxygens (including phenoxy) is 3. The zero-order valence-electron chi connectivity index (χ0n) is 22.9. The molecule has 1 saturated heterocycles. The predicted octanol–water partition coefficient (Wildman–Crippen LogP) is 6.69. The van der Waals surface area contributed by atoms with E-state index < -0.39 is 29.6 Å². The summed E-state index contributed by atoms with van der Waals surface area (Å²) < 4.78 is 17.3. The van der Waals surface area contributed by atoms with E-state index in [1.165, 1.54) is 25.3 Å². The van der Waals surface area contributed by atoms with E-state index >= 15 is 0 Å². The minimum absolute atomic E-state index is 0.0852. The van der Waals surface area contributed by atoms with Crippen LogP contribution in [-0.4, -0.2) is 48.2 Å². The van der Waals surface area contributed by atoms with E-state index in [1.54, 1.807) is 19.1 Å². The molecule has 0 aliphatic carbocycles. The fraction of sp³-hybridized carbons (Fsp3) is 0.200. The lowest BCUT2D eigenvalue weighted by molar-refractivity contribution is -0.127. The van der Waals surface area contributed by atoms with Crippen molar-refractivity contribution < 1.29 is 33.4 Å². The van der Waals surface area contributed by atoms with E-state index in [1.807, 2.05) is 37.3 Å². The van der Waals surface area contributed by atoms with Crippen molar-refractivity contribution in [2.75, 3.05) is 25.6 Å².